The van der Waals surface area contributed by atoms with Crippen LogP contribution in [0.15, 0.2) is 121 Å². The van der Waals surface area contributed by atoms with Gasteiger partial charge < -0.3 is 10.6 Å². The second-order valence-electron chi connectivity index (χ2n) is 13.0. The first-order chi connectivity index (χ1) is 22.8. The topological polar surface area (TPSA) is 49.8 Å². The molecule has 2 heterocycles. The van der Waals surface area contributed by atoms with Crippen LogP contribution < -0.4 is 10.6 Å². The zero-order valence-electron chi connectivity index (χ0n) is 25.8. The number of pyridine rings is 2. The van der Waals surface area contributed by atoms with Gasteiger partial charge in [0.1, 0.15) is 0 Å². The Balaban J connectivity index is 0.933. The lowest BCUT2D eigenvalue weighted by molar-refractivity contribution is 0.294. The highest BCUT2D eigenvalue weighted by Gasteiger charge is 2.23. The maximum atomic E-state index is 5.12. The summed E-state index contributed by atoms with van der Waals surface area (Å²) in [5.74, 6) is 1.32. The largest absolute Gasteiger partial charge is 0.384 e. The molecule has 6 aromatic carbocycles. The Morgan fingerprint density at radius 1 is 0.413 bits per heavy atom. The molecular formula is C42H36N4. The van der Waals surface area contributed by atoms with Crippen molar-refractivity contribution in [2.24, 2.45) is 11.8 Å². The average molecular weight is 597 g/mol. The first kappa shape index (κ1) is 27.1. The number of nitrogens with one attached hydrogen (secondary N) is 2. The minimum atomic E-state index is 0.660. The number of hydrogen-bond acceptors (Lipinski definition) is 4. The SMILES string of the molecule is c1ccc2c(c1)ccc1c(NCC3CCC(CNc4c5ccccc5nc5c4ccc4ccccc45)CC3)c3ccccc3nc12. The van der Waals surface area contributed by atoms with E-state index < -0.39 is 0 Å². The van der Waals surface area contributed by atoms with Crippen molar-refractivity contribution in [3.8, 4) is 0 Å². The number of benzene rings is 6. The maximum absolute atomic E-state index is 5.12. The summed E-state index contributed by atoms with van der Waals surface area (Å²) in [6, 6.07) is 43.2. The van der Waals surface area contributed by atoms with Crippen LogP contribution in [-0.4, -0.2) is 23.1 Å². The monoisotopic (exact) mass is 596 g/mol. The average Bonchev–Trinajstić information content (AvgIpc) is 3.12. The molecular weight excluding hydrogens is 560 g/mol. The van der Waals surface area contributed by atoms with Crippen LogP contribution in [0.3, 0.4) is 0 Å². The van der Waals surface area contributed by atoms with Crippen molar-refractivity contribution < 1.29 is 0 Å². The Morgan fingerprint density at radius 3 is 1.26 bits per heavy atom. The molecule has 0 aliphatic heterocycles. The lowest BCUT2D eigenvalue weighted by Gasteiger charge is -2.30. The van der Waals surface area contributed by atoms with E-state index in [1.807, 2.05) is 0 Å². The van der Waals surface area contributed by atoms with Gasteiger partial charge in [0, 0.05) is 45.4 Å². The summed E-state index contributed by atoms with van der Waals surface area (Å²) < 4.78 is 0. The lowest BCUT2D eigenvalue weighted by Crippen LogP contribution is -2.25. The molecule has 0 radical (unpaired) electrons. The fourth-order valence-electron chi connectivity index (χ4n) is 7.76. The van der Waals surface area contributed by atoms with E-state index in [-0.39, 0.29) is 0 Å². The van der Waals surface area contributed by atoms with E-state index in [1.165, 1.54) is 80.1 Å². The van der Waals surface area contributed by atoms with Crippen molar-refractivity contribution in [1.82, 2.24) is 9.97 Å². The van der Waals surface area contributed by atoms with Crippen LogP contribution in [0.25, 0.3) is 65.2 Å². The predicted molar refractivity (Wildman–Crippen MR) is 196 cm³/mol. The van der Waals surface area contributed by atoms with E-state index in [0.717, 1.165) is 35.2 Å². The summed E-state index contributed by atoms with van der Waals surface area (Å²) in [6.45, 7) is 1.98. The number of aromatic nitrogens is 2. The van der Waals surface area contributed by atoms with Gasteiger partial charge in [-0.15, -0.1) is 0 Å². The van der Waals surface area contributed by atoms with Crippen LogP contribution in [0.1, 0.15) is 25.7 Å². The molecule has 8 aromatic rings. The van der Waals surface area contributed by atoms with Crippen molar-refractivity contribution in [2.75, 3.05) is 23.7 Å². The normalized spacial score (nSPS) is 17.0. The van der Waals surface area contributed by atoms with Gasteiger partial charge in [0.05, 0.1) is 33.4 Å². The van der Waals surface area contributed by atoms with E-state index in [1.54, 1.807) is 0 Å². The Kier molecular flexibility index (Phi) is 6.66. The highest BCUT2D eigenvalue weighted by molar-refractivity contribution is 6.17. The third-order valence-corrected chi connectivity index (χ3v) is 10.3. The molecule has 1 fully saturated rings. The Hall–Kier alpha value is -5.22. The number of hydrogen-bond donors (Lipinski definition) is 2. The quantitative estimate of drug-likeness (QED) is 0.148. The van der Waals surface area contributed by atoms with Crippen LogP contribution in [0.2, 0.25) is 0 Å². The van der Waals surface area contributed by atoms with Crippen molar-refractivity contribution in [3.63, 3.8) is 0 Å². The molecule has 9 rings (SSSR count). The van der Waals surface area contributed by atoms with Crippen LogP contribution in [0, 0.1) is 11.8 Å². The van der Waals surface area contributed by atoms with Crippen molar-refractivity contribution in [3.05, 3.63) is 121 Å². The number of rotatable bonds is 6. The fraction of sp³-hybridized carbons (Fsp3) is 0.190. The summed E-state index contributed by atoms with van der Waals surface area (Å²) >= 11 is 0. The number of fused-ring (bicyclic) bond motifs is 8. The van der Waals surface area contributed by atoms with Crippen molar-refractivity contribution in [1.29, 1.82) is 0 Å². The molecule has 4 nitrogen and oxygen atoms in total. The van der Waals surface area contributed by atoms with Crippen LogP contribution in [0.5, 0.6) is 0 Å². The minimum absolute atomic E-state index is 0.660. The predicted octanol–water partition coefficient (Wildman–Crippen LogP) is 10.7. The Morgan fingerprint density at radius 2 is 0.804 bits per heavy atom. The van der Waals surface area contributed by atoms with Gasteiger partial charge in [0.2, 0.25) is 0 Å². The second kappa shape index (κ2) is 11.3. The number of para-hydroxylation sites is 2. The molecule has 2 N–H and O–H groups in total. The van der Waals surface area contributed by atoms with Gasteiger partial charge in [0.25, 0.3) is 0 Å². The molecule has 1 aliphatic carbocycles. The zero-order valence-corrected chi connectivity index (χ0v) is 25.8. The molecule has 224 valence electrons. The molecule has 1 saturated carbocycles. The maximum Gasteiger partial charge on any atom is 0.0808 e. The summed E-state index contributed by atoms with van der Waals surface area (Å²) in [7, 11) is 0. The third-order valence-electron chi connectivity index (χ3n) is 10.3. The molecule has 2 aromatic heterocycles. The van der Waals surface area contributed by atoms with Crippen molar-refractivity contribution >= 4 is 76.5 Å². The minimum Gasteiger partial charge on any atom is -0.384 e. The van der Waals surface area contributed by atoms with E-state index in [4.69, 9.17) is 9.97 Å². The van der Waals surface area contributed by atoms with E-state index >= 15 is 0 Å². The van der Waals surface area contributed by atoms with Gasteiger partial charge in [-0.3, -0.25) is 0 Å². The van der Waals surface area contributed by atoms with Gasteiger partial charge in [-0.25, -0.2) is 9.97 Å². The molecule has 0 atom stereocenters. The highest BCUT2D eigenvalue weighted by Crippen LogP contribution is 2.38. The fourth-order valence-corrected chi connectivity index (χ4v) is 7.76. The first-order valence-electron chi connectivity index (χ1n) is 16.7. The second-order valence-corrected chi connectivity index (χ2v) is 13.0. The van der Waals surface area contributed by atoms with Gasteiger partial charge >= 0.3 is 0 Å². The molecule has 46 heavy (non-hydrogen) atoms. The van der Waals surface area contributed by atoms with Gasteiger partial charge in [0.15, 0.2) is 0 Å². The summed E-state index contributed by atoms with van der Waals surface area (Å²) in [4.78, 5) is 10.2. The van der Waals surface area contributed by atoms with Crippen molar-refractivity contribution in [2.45, 2.75) is 25.7 Å². The van der Waals surface area contributed by atoms with Gasteiger partial charge in [-0.2, -0.15) is 0 Å². The van der Waals surface area contributed by atoms with Crippen LogP contribution in [0.4, 0.5) is 11.4 Å². The van der Waals surface area contributed by atoms with Gasteiger partial charge in [-0.05, 0) is 60.4 Å². The molecule has 0 bridgehead atoms. The zero-order chi connectivity index (χ0) is 30.5. The van der Waals surface area contributed by atoms with E-state index in [0.29, 0.717) is 11.8 Å². The number of anilines is 2. The number of nitrogens with zero attached hydrogens (tertiary/aromatic N) is 2. The molecule has 0 spiro atoms. The highest BCUT2D eigenvalue weighted by atomic mass is 14.9. The molecule has 4 heteroatoms. The first-order valence-corrected chi connectivity index (χ1v) is 16.7. The summed E-state index contributed by atoms with van der Waals surface area (Å²) in [6.07, 6.45) is 4.97. The molecule has 1 aliphatic rings. The molecule has 0 saturated heterocycles. The van der Waals surface area contributed by atoms with Gasteiger partial charge in [-0.1, -0.05) is 109 Å². The van der Waals surface area contributed by atoms with Crippen LogP contribution in [-0.2, 0) is 0 Å². The smallest absolute Gasteiger partial charge is 0.0808 e. The Labute approximate surface area is 268 Å². The summed E-state index contributed by atoms with van der Waals surface area (Å²) in [5.41, 5.74) is 6.70. The van der Waals surface area contributed by atoms with E-state index in [9.17, 15) is 0 Å². The Bertz CT molecular complexity index is 2230. The van der Waals surface area contributed by atoms with Crippen LogP contribution >= 0.6 is 0 Å². The lowest BCUT2D eigenvalue weighted by atomic mass is 9.82. The van der Waals surface area contributed by atoms with E-state index in [2.05, 4.69) is 132 Å². The molecule has 0 unspecified atom stereocenters. The standard InChI is InChI=1S/C42H36N4/c1-3-11-31-29(9-1)21-23-35-39(33-13-5-7-15-37(33)45-41(31)35)43-25-27-17-19-28(20-18-27)26-44-40-34-14-6-8-16-38(34)46-42-32-12-4-2-10-30(32)22-24-36(40)42/h1-16,21-24,27-28H,17-20,25-26H2,(H,43,45)(H,44,46). The summed E-state index contributed by atoms with van der Waals surface area (Å²) in [5, 5.41) is 17.6. The third kappa shape index (κ3) is 4.68. The molecule has 0 amide bonds.